The SMILES string of the molecule is CC1(C(=O)O)CC2c3ccccc3C1c1ccccc12.COc1ccc(Cc2csc(NC(=O)C3(C)CC4c5ccccc5C3c3ccccc34)n2)cc1. The molecular weight excluding hydrogens is 689 g/mol. The van der Waals surface area contributed by atoms with Gasteiger partial charge in [0.1, 0.15) is 5.75 Å². The second kappa shape index (κ2) is 13.1. The predicted octanol–water partition coefficient (Wildman–Crippen LogP) is 10.1. The van der Waals surface area contributed by atoms with Crippen LogP contribution >= 0.6 is 11.3 Å². The lowest BCUT2D eigenvalue weighted by molar-refractivity contribution is -0.150. The molecule has 12 rings (SSSR count). The summed E-state index contributed by atoms with van der Waals surface area (Å²) in [6, 6.07) is 41.9. The van der Waals surface area contributed by atoms with Crippen LogP contribution in [-0.2, 0) is 16.0 Å². The highest BCUT2D eigenvalue weighted by Crippen LogP contribution is 2.62. The molecule has 0 fully saturated rings. The van der Waals surface area contributed by atoms with Crippen molar-refractivity contribution in [3.8, 4) is 5.75 Å². The molecule has 6 aliphatic carbocycles. The summed E-state index contributed by atoms with van der Waals surface area (Å²) in [6.45, 7) is 4.02. The van der Waals surface area contributed by atoms with Crippen LogP contribution in [-0.4, -0.2) is 29.1 Å². The largest absolute Gasteiger partial charge is 0.497 e. The molecule has 4 bridgehead atoms. The zero-order chi connectivity index (χ0) is 37.2. The van der Waals surface area contributed by atoms with Crippen LogP contribution in [0.1, 0.15) is 106 Å². The molecule has 270 valence electrons. The number of nitrogens with one attached hydrogen (secondary N) is 1. The van der Waals surface area contributed by atoms with E-state index in [1.54, 1.807) is 7.11 Å². The third-order valence-electron chi connectivity index (χ3n) is 12.6. The lowest BCUT2D eigenvalue weighted by Gasteiger charge is -2.50. The van der Waals surface area contributed by atoms with Crippen molar-refractivity contribution in [2.75, 3.05) is 12.4 Å². The highest BCUT2D eigenvalue weighted by Gasteiger charge is 2.55. The number of fused-ring (bicyclic) bond motifs is 2. The Labute approximate surface area is 319 Å². The molecule has 0 spiro atoms. The van der Waals surface area contributed by atoms with Crippen molar-refractivity contribution < 1.29 is 19.4 Å². The molecule has 1 aromatic heterocycles. The molecular formula is C47H42N2O4S. The second-order valence-corrected chi connectivity index (χ2v) is 16.5. The fourth-order valence-electron chi connectivity index (χ4n) is 10.0. The third-order valence-corrected chi connectivity index (χ3v) is 13.4. The molecule has 6 nitrogen and oxygen atoms in total. The number of carbonyl (C=O) groups is 2. The molecule has 0 saturated heterocycles. The van der Waals surface area contributed by atoms with Crippen LogP contribution in [0.3, 0.4) is 0 Å². The average molecular weight is 731 g/mol. The van der Waals surface area contributed by atoms with Crippen molar-refractivity contribution >= 4 is 28.3 Å². The number of methoxy groups -OCH3 is 1. The Bertz CT molecular complexity index is 2320. The number of rotatable bonds is 6. The van der Waals surface area contributed by atoms with Crippen LogP contribution < -0.4 is 10.1 Å². The highest BCUT2D eigenvalue weighted by atomic mass is 32.1. The number of aliphatic carboxylic acids is 1. The lowest BCUT2D eigenvalue weighted by atomic mass is 9.52. The summed E-state index contributed by atoms with van der Waals surface area (Å²) >= 11 is 1.49. The molecule has 0 saturated carbocycles. The number of benzene rings is 5. The molecule has 2 N–H and O–H groups in total. The van der Waals surface area contributed by atoms with Gasteiger partial charge in [0.05, 0.1) is 23.6 Å². The maximum Gasteiger partial charge on any atom is 0.310 e. The van der Waals surface area contributed by atoms with E-state index in [4.69, 9.17) is 9.72 Å². The summed E-state index contributed by atoms with van der Waals surface area (Å²) < 4.78 is 5.24. The number of amides is 1. The first kappa shape index (κ1) is 34.3. The minimum atomic E-state index is -0.701. The van der Waals surface area contributed by atoms with Gasteiger partial charge in [-0.1, -0.05) is 109 Å². The molecule has 0 aliphatic heterocycles. The molecule has 5 aromatic carbocycles. The van der Waals surface area contributed by atoms with Crippen molar-refractivity contribution in [1.82, 2.24) is 4.98 Å². The zero-order valence-electron chi connectivity index (χ0n) is 30.6. The molecule has 7 heteroatoms. The van der Waals surface area contributed by atoms with Crippen molar-refractivity contribution in [2.45, 2.75) is 56.8 Å². The number of anilines is 1. The Morgan fingerprint density at radius 1 is 0.685 bits per heavy atom. The summed E-state index contributed by atoms with van der Waals surface area (Å²) in [5, 5.41) is 15.6. The number of carboxylic acids is 1. The van der Waals surface area contributed by atoms with E-state index in [9.17, 15) is 14.7 Å². The van der Waals surface area contributed by atoms with E-state index in [0.29, 0.717) is 11.6 Å². The highest BCUT2D eigenvalue weighted by molar-refractivity contribution is 7.13. The molecule has 0 radical (unpaired) electrons. The van der Waals surface area contributed by atoms with Crippen LogP contribution in [0, 0.1) is 10.8 Å². The molecule has 1 amide bonds. The summed E-state index contributed by atoms with van der Waals surface area (Å²) in [5.41, 5.74) is 11.2. The van der Waals surface area contributed by atoms with Gasteiger partial charge in [-0.05, 0) is 88.9 Å². The van der Waals surface area contributed by atoms with Gasteiger partial charge < -0.3 is 15.2 Å². The fourth-order valence-corrected chi connectivity index (χ4v) is 10.7. The number of hydrogen-bond donors (Lipinski definition) is 2. The summed E-state index contributed by atoms with van der Waals surface area (Å²) in [5.74, 6) is 0.686. The van der Waals surface area contributed by atoms with E-state index in [1.807, 2.05) is 48.7 Å². The van der Waals surface area contributed by atoms with Crippen molar-refractivity contribution in [3.05, 3.63) is 182 Å². The summed E-state index contributed by atoms with van der Waals surface area (Å²) in [4.78, 5) is 30.4. The minimum Gasteiger partial charge on any atom is -0.497 e. The Morgan fingerprint density at radius 2 is 1.11 bits per heavy atom. The van der Waals surface area contributed by atoms with Crippen molar-refractivity contribution in [2.24, 2.45) is 10.8 Å². The Hall–Kier alpha value is -5.53. The van der Waals surface area contributed by atoms with Crippen LogP contribution in [0.4, 0.5) is 5.13 Å². The van der Waals surface area contributed by atoms with E-state index in [1.165, 1.54) is 55.8 Å². The normalized spacial score (nSPS) is 24.9. The van der Waals surface area contributed by atoms with E-state index in [2.05, 4.69) is 97.2 Å². The fraction of sp³-hybridized carbons (Fsp3) is 0.255. The van der Waals surface area contributed by atoms with Gasteiger partial charge in [0, 0.05) is 35.5 Å². The standard InChI is InChI=1S/C29H26N2O2S.C18H16O2/c1-29(16-25-21-7-3-5-9-23(21)26(29)24-10-6-4-8-22(24)25)27(32)31-28-30-19(17-34-28)15-18-11-13-20(33-2)14-12-18;1-18(17(19)20)10-15-11-6-2-4-8-13(11)16(18)14-9-5-3-7-12(14)15/h3-14,17,25-26H,15-16H2,1-2H3,(H,30,31,32);2-9,15-16H,10H2,1H3,(H,19,20). The Kier molecular flexibility index (Phi) is 8.31. The van der Waals surface area contributed by atoms with Crippen molar-refractivity contribution in [3.63, 3.8) is 0 Å². The van der Waals surface area contributed by atoms with Gasteiger partial charge in [0.15, 0.2) is 5.13 Å². The molecule has 1 heterocycles. The van der Waals surface area contributed by atoms with Gasteiger partial charge in [-0.2, -0.15) is 0 Å². The van der Waals surface area contributed by atoms with E-state index in [-0.39, 0.29) is 29.6 Å². The average Bonchev–Trinajstić information content (AvgIpc) is 3.64. The van der Waals surface area contributed by atoms with E-state index in [0.717, 1.165) is 29.8 Å². The third kappa shape index (κ3) is 5.39. The zero-order valence-corrected chi connectivity index (χ0v) is 31.4. The second-order valence-electron chi connectivity index (χ2n) is 15.7. The molecule has 6 aromatic rings. The van der Waals surface area contributed by atoms with Gasteiger partial charge in [0.2, 0.25) is 5.91 Å². The number of nitrogens with zero attached hydrogens (tertiary/aromatic N) is 1. The molecule has 2 unspecified atom stereocenters. The Morgan fingerprint density at radius 3 is 1.56 bits per heavy atom. The lowest BCUT2D eigenvalue weighted by Crippen LogP contribution is -2.47. The first-order chi connectivity index (χ1) is 26.2. The van der Waals surface area contributed by atoms with Crippen LogP contribution in [0.5, 0.6) is 5.75 Å². The maximum absolute atomic E-state index is 13.8. The minimum absolute atomic E-state index is 0.0302. The summed E-state index contributed by atoms with van der Waals surface area (Å²) in [7, 11) is 1.67. The van der Waals surface area contributed by atoms with Crippen LogP contribution in [0.2, 0.25) is 0 Å². The van der Waals surface area contributed by atoms with Crippen LogP contribution in [0.15, 0.2) is 127 Å². The number of hydrogen-bond acceptors (Lipinski definition) is 5. The van der Waals surface area contributed by atoms with Gasteiger partial charge >= 0.3 is 5.97 Å². The number of carbonyl (C=O) groups excluding carboxylic acids is 1. The van der Waals surface area contributed by atoms with Crippen molar-refractivity contribution in [1.29, 1.82) is 0 Å². The smallest absolute Gasteiger partial charge is 0.310 e. The number of aromatic nitrogens is 1. The first-order valence-electron chi connectivity index (χ1n) is 18.7. The predicted molar refractivity (Wildman–Crippen MR) is 213 cm³/mol. The van der Waals surface area contributed by atoms with E-state index < -0.39 is 16.8 Å². The number of thiazole rings is 1. The molecule has 6 aliphatic rings. The molecule has 2 atom stereocenters. The molecule has 54 heavy (non-hydrogen) atoms. The maximum atomic E-state index is 13.8. The quantitative estimate of drug-likeness (QED) is 0.178. The number of carboxylic acid groups (broad SMARTS) is 1. The summed E-state index contributed by atoms with van der Waals surface area (Å²) in [6.07, 6.45) is 2.22. The van der Waals surface area contributed by atoms with Gasteiger partial charge in [-0.25, -0.2) is 4.98 Å². The Balaban J connectivity index is 0.000000163. The topological polar surface area (TPSA) is 88.5 Å². The number of ether oxygens (including phenoxy) is 1. The van der Waals surface area contributed by atoms with Gasteiger partial charge in [-0.15, -0.1) is 11.3 Å². The van der Waals surface area contributed by atoms with Gasteiger partial charge in [-0.3, -0.25) is 9.59 Å². The van der Waals surface area contributed by atoms with Crippen LogP contribution in [0.25, 0.3) is 0 Å². The first-order valence-corrected chi connectivity index (χ1v) is 19.5. The van der Waals surface area contributed by atoms with E-state index >= 15 is 0 Å². The monoisotopic (exact) mass is 730 g/mol. The van der Waals surface area contributed by atoms with Gasteiger partial charge in [0.25, 0.3) is 0 Å².